The Kier molecular flexibility index (Phi) is 3.17. The van der Waals surface area contributed by atoms with E-state index in [4.69, 9.17) is 4.74 Å². The van der Waals surface area contributed by atoms with Crippen LogP contribution in [-0.2, 0) is 4.79 Å². The average Bonchev–Trinajstić information content (AvgIpc) is 2.18. The standard InChI is InChI=1S/C9H9NO4/c1-2-9(11)14-8-5-3-4-7(6-8)10(12)13/h3-6H,2H2,1H3. The molecule has 1 aromatic rings. The minimum absolute atomic E-state index is 0.0913. The highest BCUT2D eigenvalue weighted by Gasteiger charge is 2.08. The lowest BCUT2D eigenvalue weighted by Gasteiger charge is -2.01. The first-order valence-corrected chi connectivity index (χ1v) is 4.08. The summed E-state index contributed by atoms with van der Waals surface area (Å²) in [6.45, 7) is 1.65. The third-order valence-corrected chi connectivity index (χ3v) is 1.55. The van der Waals surface area contributed by atoms with Crippen LogP contribution in [0.3, 0.4) is 0 Å². The minimum Gasteiger partial charge on any atom is -0.426 e. The molecule has 0 heterocycles. The summed E-state index contributed by atoms with van der Waals surface area (Å²) >= 11 is 0. The highest BCUT2D eigenvalue weighted by atomic mass is 16.6. The summed E-state index contributed by atoms with van der Waals surface area (Å²) in [5, 5.41) is 10.4. The second-order valence-corrected chi connectivity index (χ2v) is 2.58. The second kappa shape index (κ2) is 4.36. The molecular formula is C9H9NO4. The Morgan fingerprint density at radius 1 is 1.57 bits per heavy atom. The van der Waals surface area contributed by atoms with E-state index in [1.165, 1.54) is 24.3 Å². The van der Waals surface area contributed by atoms with Crippen molar-refractivity contribution in [1.82, 2.24) is 0 Å². The van der Waals surface area contributed by atoms with Gasteiger partial charge in [-0.05, 0) is 6.07 Å². The molecule has 5 heteroatoms. The number of nitrogens with zero attached hydrogens (tertiary/aromatic N) is 1. The fourth-order valence-electron chi connectivity index (χ4n) is 0.864. The van der Waals surface area contributed by atoms with Crippen molar-refractivity contribution >= 4 is 11.7 Å². The van der Waals surface area contributed by atoms with E-state index in [1.807, 2.05) is 0 Å². The monoisotopic (exact) mass is 195 g/mol. The van der Waals surface area contributed by atoms with Gasteiger partial charge in [-0.2, -0.15) is 0 Å². The Hall–Kier alpha value is -1.91. The molecule has 0 aliphatic carbocycles. The van der Waals surface area contributed by atoms with Crippen LogP contribution in [0.5, 0.6) is 5.75 Å². The van der Waals surface area contributed by atoms with Gasteiger partial charge in [-0.3, -0.25) is 14.9 Å². The van der Waals surface area contributed by atoms with Gasteiger partial charge in [0, 0.05) is 12.5 Å². The molecule has 0 spiro atoms. The zero-order valence-electron chi connectivity index (χ0n) is 7.60. The molecule has 74 valence electrons. The molecule has 0 saturated heterocycles. The summed E-state index contributed by atoms with van der Waals surface area (Å²) in [7, 11) is 0. The van der Waals surface area contributed by atoms with Gasteiger partial charge in [-0.1, -0.05) is 13.0 Å². The van der Waals surface area contributed by atoms with Crippen LogP contribution >= 0.6 is 0 Å². The summed E-state index contributed by atoms with van der Waals surface area (Å²) in [6, 6.07) is 5.52. The average molecular weight is 195 g/mol. The van der Waals surface area contributed by atoms with E-state index in [0.29, 0.717) is 0 Å². The first-order chi connectivity index (χ1) is 6.63. The maximum absolute atomic E-state index is 10.9. The number of hydrogen-bond donors (Lipinski definition) is 0. The summed E-state index contributed by atoms with van der Waals surface area (Å²) in [4.78, 5) is 20.7. The number of carbonyl (C=O) groups excluding carboxylic acids is 1. The lowest BCUT2D eigenvalue weighted by molar-refractivity contribution is -0.384. The van der Waals surface area contributed by atoms with Crippen molar-refractivity contribution in [3.8, 4) is 5.75 Å². The van der Waals surface area contributed by atoms with E-state index in [1.54, 1.807) is 6.92 Å². The number of esters is 1. The fraction of sp³-hybridized carbons (Fsp3) is 0.222. The number of nitro groups is 1. The largest absolute Gasteiger partial charge is 0.426 e. The molecule has 0 fully saturated rings. The highest BCUT2D eigenvalue weighted by Crippen LogP contribution is 2.19. The Morgan fingerprint density at radius 2 is 2.29 bits per heavy atom. The van der Waals surface area contributed by atoms with Gasteiger partial charge in [0.25, 0.3) is 5.69 Å². The van der Waals surface area contributed by atoms with E-state index in [2.05, 4.69) is 0 Å². The topological polar surface area (TPSA) is 69.4 Å². The maximum Gasteiger partial charge on any atom is 0.310 e. The molecule has 0 aromatic heterocycles. The number of carbonyl (C=O) groups is 1. The van der Waals surface area contributed by atoms with Crippen LogP contribution in [0.25, 0.3) is 0 Å². The normalized spacial score (nSPS) is 9.50. The van der Waals surface area contributed by atoms with Crippen LogP contribution in [0, 0.1) is 10.1 Å². The number of ether oxygens (including phenoxy) is 1. The van der Waals surface area contributed by atoms with Crippen molar-refractivity contribution < 1.29 is 14.5 Å². The third-order valence-electron chi connectivity index (χ3n) is 1.55. The molecular weight excluding hydrogens is 186 g/mol. The van der Waals surface area contributed by atoms with Crippen molar-refractivity contribution in [2.75, 3.05) is 0 Å². The first-order valence-electron chi connectivity index (χ1n) is 4.08. The summed E-state index contributed by atoms with van der Waals surface area (Å²) in [6.07, 6.45) is 0.239. The molecule has 0 aliphatic rings. The van der Waals surface area contributed by atoms with Crippen molar-refractivity contribution in [3.63, 3.8) is 0 Å². The van der Waals surface area contributed by atoms with Crippen molar-refractivity contribution in [2.24, 2.45) is 0 Å². The Morgan fingerprint density at radius 3 is 2.86 bits per heavy atom. The SMILES string of the molecule is CCC(=O)Oc1cccc([N+](=O)[O-])c1. The van der Waals surface area contributed by atoms with E-state index in [0.717, 1.165) is 0 Å². The number of nitro benzene ring substituents is 1. The lowest BCUT2D eigenvalue weighted by Crippen LogP contribution is -2.05. The van der Waals surface area contributed by atoms with Gasteiger partial charge in [0.2, 0.25) is 0 Å². The minimum atomic E-state index is -0.538. The number of hydrogen-bond acceptors (Lipinski definition) is 4. The Labute approximate surface area is 80.5 Å². The van der Waals surface area contributed by atoms with Gasteiger partial charge in [0.1, 0.15) is 5.75 Å². The molecule has 0 atom stereocenters. The highest BCUT2D eigenvalue weighted by molar-refractivity contribution is 5.72. The lowest BCUT2D eigenvalue weighted by atomic mass is 10.3. The predicted molar refractivity (Wildman–Crippen MR) is 49.0 cm³/mol. The van der Waals surface area contributed by atoms with Gasteiger partial charge in [0.15, 0.2) is 0 Å². The maximum atomic E-state index is 10.9. The quantitative estimate of drug-likeness (QED) is 0.319. The summed E-state index contributed by atoms with van der Waals surface area (Å²) in [5.41, 5.74) is -0.0913. The molecule has 0 amide bonds. The van der Waals surface area contributed by atoms with Crippen LogP contribution < -0.4 is 4.74 Å². The van der Waals surface area contributed by atoms with Gasteiger partial charge >= 0.3 is 5.97 Å². The molecule has 5 nitrogen and oxygen atoms in total. The molecule has 0 bridgehead atoms. The predicted octanol–water partition coefficient (Wildman–Crippen LogP) is 1.91. The van der Waals surface area contributed by atoms with Crippen molar-refractivity contribution in [3.05, 3.63) is 34.4 Å². The van der Waals surface area contributed by atoms with E-state index in [9.17, 15) is 14.9 Å². The van der Waals surface area contributed by atoms with Gasteiger partial charge in [0.05, 0.1) is 11.0 Å². The number of non-ortho nitro benzene ring substituents is 1. The molecule has 0 aliphatic heterocycles. The van der Waals surface area contributed by atoms with E-state index < -0.39 is 10.9 Å². The van der Waals surface area contributed by atoms with Gasteiger partial charge < -0.3 is 4.74 Å². The second-order valence-electron chi connectivity index (χ2n) is 2.58. The van der Waals surface area contributed by atoms with Crippen molar-refractivity contribution in [2.45, 2.75) is 13.3 Å². The fourth-order valence-corrected chi connectivity index (χ4v) is 0.864. The van der Waals surface area contributed by atoms with E-state index in [-0.39, 0.29) is 17.9 Å². The molecule has 0 unspecified atom stereocenters. The zero-order chi connectivity index (χ0) is 10.6. The summed E-state index contributed by atoms with van der Waals surface area (Å²) in [5.74, 6) is -0.212. The molecule has 0 saturated carbocycles. The van der Waals surface area contributed by atoms with Gasteiger partial charge in [-0.25, -0.2) is 0 Å². The van der Waals surface area contributed by atoms with E-state index >= 15 is 0 Å². The molecule has 1 rings (SSSR count). The van der Waals surface area contributed by atoms with Crippen LogP contribution in [0.1, 0.15) is 13.3 Å². The zero-order valence-corrected chi connectivity index (χ0v) is 7.60. The number of benzene rings is 1. The summed E-state index contributed by atoms with van der Waals surface area (Å²) < 4.78 is 4.81. The Balaban J connectivity index is 2.83. The van der Waals surface area contributed by atoms with Gasteiger partial charge in [-0.15, -0.1) is 0 Å². The van der Waals surface area contributed by atoms with Crippen LogP contribution in [-0.4, -0.2) is 10.9 Å². The first kappa shape index (κ1) is 10.2. The number of rotatable bonds is 3. The van der Waals surface area contributed by atoms with Crippen molar-refractivity contribution in [1.29, 1.82) is 0 Å². The molecule has 0 radical (unpaired) electrons. The van der Waals surface area contributed by atoms with Crippen LogP contribution in [0.4, 0.5) is 5.69 Å². The Bertz CT molecular complexity index is 362. The van der Waals surface area contributed by atoms with Crippen LogP contribution in [0.15, 0.2) is 24.3 Å². The molecule has 0 N–H and O–H groups in total. The smallest absolute Gasteiger partial charge is 0.310 e. The molecule has 14 heavy (non-hydrogen) atoms. The molecule has 1 aromatic carbocycles. The third kappa shape index (κ3) is 2.55. The van der Waals surface area contributed by atoms with Crippen LogP contribution in [0.2, 0.25) is 0 Å².